The van der Waals surface area contributed by atoms with Crippen LogP contribution in [-0.4, -0.2) is 33.4 Å². The quantitative estimate of drug-likeness (QED) is 0.495. The zero-order valence-electron chi connectivity index (χ0n) is 6.85. The van der Waals surface area contributed by atoms with Gasteiger partial charge in [0.05, 0.1) is 0 Å². The molecule has 0 aliphatic carbocycles. The Labute approximate surface area is 73.2 Å². The molecule has 0 fully saturated rings. The molecule has 0 amide bonds. The molecule has 3 nitrogen and oxygen atoms in total. The monoisotopic (exact) mass is 220 g/mol. The molecule has 0 aromatic heterocycles. The summed E-state index contributed by atoms with van der Waals surface area (Å²) in [6.07, 6.45) is 1.50. The molecule has 0 aromatic rings. The van der Waals surface area contributed by atoms with E-state index in [4.69, 9.17) is 0 Å². The number of esters is 1. The SMILES string of the molecule is CCCC(=O)[AsH]CC(=O)OC. The molecule has 0 rings (SSSR count). The fraction of sp³-hybridized carbons (Fsp3) is 0.714. The number of ether oxygens (including phenoxy) is 1. The number of hydrogen-bond donors (Lipinski definition) is 0. The van der Waals surface area contributed by atoms with E-state index in [-0.39, 0.29) is 10.5 Å². The van der Waals surface area contributed by atoms with Gasteiger partial charge < -0.3 is 0 Å². The van der Waals surface area contributed by atoms with Gasteiger partial charge in [-0.3, -0.25) is 0 Å². The third-order valence-electron chi connectivity index (χ3n) is 1.13. The first kappa shape index (κ1) is 10.7. The van der Waals surface area contributed by atoms with Crippen molar-refractivity contribution in [3.8, 4) is 0 Å². The van der Waals surface area contributed by atoms with Crippen LogP contribution in [0.3, 0.4) is 0 Å². The second kappa shape index (κ2) is 6.41. The molecule has 1 unspecified atom stereocenters. The Balaban J connectivity index is 3.38. The molecule has 11 heavy (non-hydrogen) atoms. The van der Waals surface area contributed by atoms with Crippen LogP contribution < -0.4 is 0 Å². The van der Waals surface area contributed by atoms with E-state index in [1.54, 1.807) is 0 Å². The van der Waals surface area contributed by atoms with Crippen molar-refractivity contribution in [1.29, 1.82) is 0 Å². The molecule has 4 heteroatoms. The summed E-state index contributed by atoms with van der Waals surface area (Å²) in [5.41, 5.74) is 0. The average Bonchev–Trinajstić information content (AvgIpc) is 2.01. The first-order valence-corrected chi connectivity index (χ1v) is 6.07. The average molecular weight is 220 g/mol. The zero-order valence-corrected chi connectivity index (χ0v) is 8.94. The van der Waals surface area contributed by atoms with Gasteiger partial charge in [0.25, 0.3) is 0 Å². The van der Waals surface area contributed by atoms with Gasteiger partial charge in [0.15, 0.2) is 0 Å². The van der Waals surface area contributed by atoms with E-state index in [1.807, 2.05) is 6.92 Å². The van der Waals surface area contributed by atoms with Crippen molar-refractivity contribution < 1.29 is 14.3 Å². The molecule has 1 atom stereocenters. The van der Waals surface area contributed by atoms with E-state index in [9.17, 15) is 9.59 Å². The van der Waals surface area contributed by atoms with Gasteiger partial charge in [-0.1, -0.05) is 0 Å². The fourth-order valence-corrected chi connectivity index (χ4v) is 2.47. The minimum atomic E-state index is -0.730. The molecular formula is C7H13AsO3. The van der Waals surface area contributed by atoms with Crippen LogP contribution in [0.5, 0.6) is 0 Å². The van der Waals surface area contributed by atoms with Gasteiger partial charge in [0.1, 0.15) is 0 Å². The summed E-state index contributed by atoms with van der Waals surface area (Å²) in [7, 11) is 1.35. The summed E-state index contributed by atoms with van der Waals surface area (Å²) in [6, 6.07) is 0. The van der Waals surface area contributed by atoms with E-state index in [1.165, 1.54) is 7.11 Å². The third-order valence-corrected chi connectivity index (χ3v) is 3.46. The molecule has 0 radical (unpaired) electrons. The van der Waals surface area contributed by atoms with Crippen LogP contribution in [0, 0.1) is 0 Å². The molecule has 0 saturated heterocycles. The second-order valence-electron chi connectivity index (χ2n) is 2.10. The van der Waals surface area contributed by atoms with Gasteiger partial charge in [-0.15, -0.1) is 0 Å². The van der Waals surface area contributed by atoms with Gasteiger partial charge in [-0.2, -0.15) is 0 Å². The van der Waals surface area contributed by atoms with E-state index in [0.29, 0.717) is 11.6 Å². The van der Waals surface area contributed by atoms with Crippen LogP contribution in [0.2, 0.25) is 5.21 Å². The van der Waals surface area contributed by atoms with Gasteiger partial charge in [-0.25, -0.2) is 0 Å². The van der Waals surface area contributed by atoms with Crippen molar-refractivity contribution in [3.63, 3.8) is 0 Å². The summed E-state index contributed by atoms with van der Waals surface area (Å²) in [5, 5.41) is 0.343. The van der Waals surface area contributed by atoms with E-state index < -0.39 is 15.8 Å². The molecule has 0 heterocycles. The first-order valence-electron chi connectivity index (χ1n) is 3.54. The molecule has 0 aliphatic rings. The van der Waals surface area contributed by atoms with E-state index in [2.05, 4.69) is 4.74 Å². The zero-order chi connectivity index (χ0) is 8.69. The molecular weight excluding hydrogens is 207 g/mol. The second-order valence-corrected chi connectivity index (χ2v) is 4.76. The summed E-state index contributed by atoms with van der Waals surface area (Å²) in [5.74, 6) is -0.255. The van der Waals surface area contributed by atoms with Gasteiger partial charge in [0.2, 0.25) is 0 Å². The van der Waals surface area contributed by atoms with Crippen molar-refractivity contribution in [2.75, 3.05) is 7.11 Å². The van der Waals surface area contributed by atoms with Crippen LogP contribution >= 0.6 is 0 Å². The van der Waals surface area contributed by atoms with Crippen molar-refractivity contribution in [3.05, 3.63) is 0 Å². The number of carbonyl (C=O) groups is 2. The van der Waals surface area contributed by atoms with Crippen molar-refractivity contribution in [1.82, 2.24) is 0 Å². The topological polar surface area (TPSA) is 43.4 Å². The summed E-state index contributed by atoms with van der Waals surface area (Å²) < 4.78 is 4.68. The maximum absolute atomic E-state index is 10.9. The number of carbonyl (C=O) groups excluding carboxylic acids is 2. The Bertz CT molecular complexity index is 145. The molecule has 0 aromatic carbocycles. The molecule has 0 spiro atoms. The van der Waals surface area contributed by atoms with Gasteiger partial charge >= 0.3 is 72.7 Å². The molecule has 0 saturated carbocycles. The number of rotatable bonds is 5. The predicted molar refractivity (Wildman–Crippen MR) is 43.9 cm³/mol. The Morgan fingerprint density at radius 2 is 2.09 bits per heavy atom. The molecule has 0 aliphatic heterocycles. The Hall–Kier alpha value is -0.302. The van der Waals surface area contributed by atoms with E-state index in [0.717, 1.165) is 6.42 Å². The normalized spacial score (nSPS) is 10.4. The Morgan fingerprint density at radius 1 is 1.45 bits per heavy atom. The fourth-order valence-electron chi connectivity index (χ4n) is 0.558. The Morgan fingerprint density at radius 3 is 2.55 bits per heavy atom. The Kier molecular flexibility index (Phi) is 6.24. The standard InChI is InChI=1S/C7H13AsO3/c1-3-4-6(9)8-5-7(10)11-2/h8H,3-5H2,1-2H3. The van der Waals surface area contributed by atoms with Crippen LogP contribution in [0.4, 0.5) is 0 Å². The third kappa shape index (κ3) is 6.11. The van der Waals surface area contributed by atoms with Crippen LogP contribution in [0.15, 0.2) is 0 Å². The van der Waals surface area contributed by atoms with Crippen molar-refractivity contribution in [2.24, 2.45) is 0 Å². The van der Waals surface area contributed by atoms with Gasteiger partial charge in [0, 0.05) is 0 Å². The van der Waals surface area contributed by atoms with Crippen LogP contribution in [-0.2, 0) is 14.3 Å². The maximum atomic E-state index is 10.9. The number of methoxy groups -OCH3 is 1. The van der Waals surface area contributed by atoms with Crippen molar-refractivity contribution >= 4 is 26.3 Å². The molecule has 64 valence electrons. The molecule has 0 N–H and O–H groups in total. The first-order chi connectivity index (χ1) is 5.20. The molecule has 0 bridgehead atoms. The van der Waals surface area contributed by atoms with Crippen LogP contribution in [0.1, 0.15) is 19.8 Å². The van der Waals surface area contributed by atoms with Gasteiger partial charge in [-0.05, 0) is 0 Å². The van der Waals surface area contributed by atoms with Crippen LogP contribution in [0.25, 0.3) is 0 Å². The number of hydrogen-bond acceptors (Lipinski definition) is 3. The summed E-state index contributed by atoms with van der Waals surface area (Å²) >= 11 is -0.730. The summed E-state index contributed by atoms with van der Waals surface area (Å²) in [6.45, 7) is 1.96. The predicted octanol–water partition coefficient (Wildman–Crippen LogP) is 0.341. The summed E-state index contributed by atoms with van der Waals surface area (Å²) in [4.78, 5) is 21.5. The minimum absolute atomic E-state index is 0.255. The van der Waals surface area contributed by atoms with E-state index >= 15 is 0 Å². The van der Waals surface area contributed by atoms with Crippen molar-refractivity contribution in [2.45, 2.75) is 25.0 Å².